The number of piperidine rings is 1. The first kappa shape index (κ1) is 18.0. The lowest BCUT2D eigenvalue weighted by atomic mass is 9.78. The highest BCUT2D eigenvalue weighted by atomic mass is 79.9. The van der Waals surface area contributed by atoms with Gasteiger partial charge < -0.3 is 15.5 Å². The number of carbonyl (C=O) groups is 1. The van der Waals surface area contributed by atoms with Crippen molar-refractivity contribution in [2.45, 2.75) is 44.6 Å². The van der Waals surface area contributed by atoms with Crippen LogP contribution >= 0.6 is 15.9 Å². The molecule has 0 saturated carbocycles. The van der Waals surface area contributed by atoms with Crippen molar-refractivity contribution in [3.05, 3.63) is 22.8 Å². The molecule has 1 aliphatic heterocycles. The SMILES string of the molecule is CCC1CCC(C)(c2nc(Br)c3c(N)nccn23)CN1C(=O)N(C)C. The van der Waals surface area contributed by atoms with E-state index < -0.39 is 0 Å². The Kier molecular flexibility index (Phi) is 4.66. The molecule has 1 saturated heterocycles. The van der Waals surface area contributed by atoms with Gasteiger partial charge in [0.25, 0.3) is 0 Å². The standard InChI is InChI=1S/C17H25BrN6O/c1-5-11-6-7-17(2,10-24(11)16(25)22(3)4)15-21-13(18)12-14(19)20-8-9-23(12)15/h8-9,11H,5-7,10H2,1-4H3,(H2,19,20). The minimum absolute atomic E-state index is 0.0545. The van der Waals surface area contributed by atoms with E-state index in [1.807, 2.05) is 15.5 Å². The predicted octanol–water partition coefficient (Wildman–Crippen LogP) is 2.89. The number of halogens is 1. The molecular formula is C17H25BrN6O. The van der Waals surface area contributed by atoms with Gasteiger partial charge in [0, 0.05) is 44.5 Å². The topological polar surface area (TPSA) is 79.8 Å². The van der Waals surface area contributed by atoms with Crippen LogP contribution in [0, 0.1) is 0 Å². The molecular weight excluding hydrogens is 384 g/mol. The Bertz CT molecular complexity index is 804. The fraction of sp³-hybridized carbons (Fsp3) is 0.588. The van der Waals surface area contributed by atoms with E-state index in [-0.39, 0.29) is 17.5 Å². The molecule has 2 atom stereocenters. The molecule has 136 valence electrons. The number of nitrogens with two attached hydrogens (primary N) is 1. The smallest absolute Gasteiger partial charge is 0.319 e. The first-order chi connectivity index (χ1) is 11.8. The molecule has 0 bridgehead atoms. The number of hydrogen-bond acceptors (Lipinski definition) is 4. The van der Waals surface area contributed by atoms with E-state index >= 15 is 0 Å². The van der Waals surface area contributed by atoms with Crippen molar-refractivity contribution in [3.63, 3.8) is 0 Å². The summed E-state index contributed by atoms with van der Waals surface area (Å²) < 4.78 is 2.69. The first-order valence-electron chi connectivity index (χ1n) is 8.55. The summed E-state index contributed by atoms with van der Waals surface area (Å²) in [6, 6.07) is 0.322. The van der Waals surface area contributed by atoms with E-state index in [0.717, 1.165) is 30.6 Å². The molecule has 0 spiro atoms. The molecule has 8 heteroatoms. The monoisotopic (exact) mass is 408 g/mol. The molecule has 0 aliphatic carbocycles. The number of aromatic nitrogens is 3. The molecule has 3 rings (SSSR count). The number of fused-ring (bicyclic) bond motifs is 1. The van der Waals surface area contributed by atoms with Gasteiger partial charge in [0.15, 0.2) is 5.82 Å². The predicted molar refractivity (Wildman–Crippen MR) is 102 cm³/mol. The largest absolute Gasteiger partial charge is 0.382 e. The maximum Gasteiger partial charge on any atom is 0.319 e. The Morgan fingerprint density at radius 2 is 2.24 bits per heavy atom. The van der Waals surface area contributed by atoms with Crippen LogP contribution in [0.3, 0.4) is 0 Å². The molecule has 2 N–H and O–H groups in total. The number of rotatable bonds is 2. The highest BCUT2D eigenvalue weighted by Gasteiger charge is 2.42. The van der Waals surface area contributed by atoms with Gasteiger partial charge in [-0.1, -0.05) is 13.8 Å². The number of amides is 2. The molecule has 2 unspecified atom stereocenters. The molecule has 0 radical (unpaired) electrons. The molecule has 1 aliphatic rings. The lowest BCUT2D eigenvalue weighted by Crippen LogP contribution is -2.55. The second kappa shape index (κ2) is 6.48. The summed E-state index contributed by atoms with van der Waals surface area (Å²) in [5.41, 5.74) is 6.56. The van der Waals surface area contributed by atoms with Crippen LogP contribution in [0.5, 0.6) is 0 Å². The van der Waals surface area contributed by atoms with Crippen molar-refractivity contribution < 1.29 is 4.79 Å². The van der Waals surface area contributed by atoms with Crippen molar-refractivity contribution in [1.82, 2.24) is 24.2 Å². The zero-order chi connectivity index (χ0) is 18.4. The average molecular weight is 409 g/mol. The van der Waals surface area contributed by atoms with Gasteiger partial charge in [0.1, 0.15) is 15.9 Å². The van der Waals surface area contributed by atoms with E-state index in [4.69, 9.17) is 10.7 Å². The van der Waals surface area contributed by atoms with Crippen LogP contribution in [-0.2, 0) is 5.41 Å². The summed E-state index contributed by atoms with van der Waals surface area (Å²) in [5, 5.41) is 0. The van der Waals surface area contributed by atoms with Gasteiger partial charge in [-0.25, -0.2) is 14.8 Å². The highest BCUT2D eigenvalue weighted by Crippen LogP contribution is 2.38. The number of nitrogens with zero attached hydrogens (tertiary/aromatic N) is 5. The number of carbonyl (C=O) groups excluding carboxylic acids is 1. The van der Waals surface area contributed by atoms with Crippen LogP contribution in [0.1, 0.15) is 38.9 Å². The Morgan fingerprint density at radius 3 is 2.88 bits per heavy atom. The van der Waals surface area contributed by atoms with Crippen LogP contribution in [0.4, 0.5) is 10.6 Å². The van der Waals surface area contributed by atoms with Gasteiger partial charge in [-0.15, -0.1) is 0 Å². The minimum atomic E-state index is -0.250. The quantitative estimate of drug-likeness (QED) is 0.827. The Labute approximate surface area is 156 Å². The lowest BCUT2D eigenvalue weighted by molar-refractivity contribution is 0.0917. The molecule has 25 heavy (non-hydrogen) atoms. The maximum absolute atomic E-state index is 12.7. The fourth-order valence-electron chi connectivity index (χ4n) is 3.76. The minimum Gasteiger partial charge on any atom is -0.382 e. The maximum atomic E-state index is 12.7. The Hall–Kier alpha value is -1.83. The van der Waals surface area contributed by atoms with Gasteiger partial charge in [-0.05, 0) is 35.2 Å². The molecule has 2 aromatic rings. The summed E-state index contributed by atoms with van der Waals surface area (Å²) in [5.74, 6) is 1.36. The fourth-order valence-corrected chi connectivity index (χ4v) is 4.32. The third kappa shape index (κ3) is 2.96. The van der Waals surface area contributed by atoms with Crippen LogP contribution in [0.25, 0.3) is 5.52 Å². The lowest BCUT2D eigenvalue weighted by Gasteiger charge is -2.45. The third-order valence-electron chi connectivity index (χ3n) is 5.17. The zero-order valence-electron chi connectivity index (χ0n) is 15.2. The molecule has 2 aromatic heterocycles. The number of likely N-dealkylation sites (tertiary alicyclic amines) is 1. The number of nitrogen functional groups attached to an aromatic ring is 1. The van der Waals surface area contributed by atoms with Gasteiger partial charge in [-0.2, -0.15) is 0 Å². The Morgan fingerprint density at radius 1 is 1.52 bits per heavy atom. The Balaban J connectivity index is 2.05. The van der Waals surface area contributed by atoms with E-state index in [2.05, 4.69) is 34.8 Å². The van der Waals surface area contributed by atoms with Crippen LogP contribution in [-0.4, -0.2) is 56.9 Å². The molecule has 2 amide bonds. The van der Waals surface area contributed by atoms with Crippen LogP contribution in [0.15, 0.2) is 17.0 Å². The average Bonchev–Trinajstić information content (AvgIpc) is 2.93. The van der Waals surface area contributed by atoms with E-state index in [1.165, 1.54) is 0 Å². The third-order valence-corrected chi connectivity index (χ3v) is 5.72. The van der Waals surface area contributed by atoms with Crippen molar-refractivity contribution >= 4 is 33.3 Å². The van der Waals surface area contributed by atoms with Crippen LogP contribution in [0.2, 0.25) is 0 Å². The second-order valence-corrected chi connectivity index (χ2v) is 7.97. The number of imidazole rings is 1. The van der Waals surface area contributed by atoms with E-state index in [0.29, 0.717) is 17.0 Å². The highest BCUT2D eigenvalue weighted by molar-refractivity contribution is 9.10. The summed E-state index contributed by atoms with van der Waals surface area (Å²) in [4.78, 5) is 25.2. The van der Waals surface area contributed by atoms with Crippen molar-refractivity contribution in [2.75, 3.05) is 26.4 Å². The summed E-state index contributed by atoms with van der Waals surface area (Å²) in [6.45, 7) is 4.94. The van der Waals surface area contributed by atoms with Crippen molar-refractivity contribution in [1.29, 1.82) is 0 Å². The van der Waals surface area contributed by atoms with Gasteiger partial charge in [-0.3, -0.25) is 4.40 Å². The molecule has 0 aromatic carbocycles. The summed E-state index contributed by atoms with van der Waals surface area (Å²) in [6.07, 6.45) is 6.45. The van der Waals surface area contributed by atoms with E-state index in [1.54, 1.807) is 25.2 Å². The number of hydrogen-bond donors (Lipinski definition) is 1. The molecule has 1 fully saturated rings. The van der Waals surface area contributed by atoms with Crippen molar-refractivity contribution in [2.24, 2.45) is 0 Å². The van der Waals surface area contributed by atoms with Gasteiger partial charge in [0.2, 0.25) is 0 Å². The summed E-state index contributed by atoms with van der Waals surface area (Å²) in [7, 11) is 3.60. The molecule has 7 nitrogen and oxygen atoms in total. The van der Waals surface area contributed by atoms with Gasteiger partial charge in [0.05, 0.1) is 0 Å². The number of urea groups is 1. The first-order valence-corrected chi connectivity index (χ1v) is 9.34. The van der Waals surface area contributed by atoms with Gasteiger partial charge >= 0.3 is 6.03 Å². The zero-order valence-corrected chi connectivity index (χ0v) is 16.7. The van der Waals surface area contributed by atoms with Crippen molar-refractivity contribution in [3.8, 4) is 0 Å². The number of anilines is 1. The normalized spacial score (nSPS) is 23.9. The summed E-state index contributed by atoms with van der Waals surface area (Å²) >= 11 is 3.51. The van der Waals surface area contributed by atoms with Crippen LogP contribution < -0.4 is 5.73 Å². The van der Waals surface area contributed by atoms with E-state index in [9.17, 15) is 4.79 Å². The second-order valence-electron chi connectivity index (χ2n) is 7.22. The molecule has 3 heterocycles.